The third-order valence-electron chi connectivity index (χ3n) is 5.31. The number of rotatable bonds is 9. The number of carbonyl (C=O) groups is 1. The van der Waals surface area contributed by atoms with Crippen LogP contribution in [0.15, 0.2) is 66.7 Å². The SMILES string of the molecule is N#CCNc1ccc(Cl)cc1C(=O)N(CCc1cccc(C(F)(F)F)c1)Cc1ccc(OC(F)(F)F)cc1. The maximum atomic E-state index is 13.6. The zero-order chi connectivity index (χ0) is 27.9. The highest BCUT2D eigenvalue weighted by Crippen LogP contribution is 2.30. The highest BCUT2D eigenvalue weighted by molar-refractivity contribution is 6.31. The van der Waals surface area contributed by atoms with Crippen LogP contribution in [0, 0.1) is 11.3 Å². The maximum Gasteiger partial charge on any atom is 0.573 e. The Morgan fingerprint density at radius 2 is 1.68 bits per heavy atom. The van der Waals surface area contributed by atoms with Gasteiger partial charge in [0.05, 0.1) is 17.2 Å². The van der Waals surface area contributed by atoms with Gasteiger partial charge in [0.15, 0.2) is 0 Å². The third kappa shape index (κ3) is 8.31. The summed E-state index contributed by atoms with van der Waals surface area (Å²) in [4.78, 5) is 14.9. The number of hydrogen-bond donors (Lipinski definition) is 1. The van der Waals surface area contributed by atoms with Crippen LogP contribution in [0.5, 0.6) is 5.75 Å². The Kier molecular flexibility index (Phi) is 9.12. The Morgan fingerprint density at radius 1 is 0.974 bits per heavy atom. The molecule has 0 bridgehead atoms. The number of alkyl halides is 6. The second kappa shape index (κ2) is 12.1. The molecule has 1 N–H and O–H groups in total. The fourth-order valence-electron chi connectivity index (χ4n) is 3.59. The van der Waals surface area contributed by atoms with Crippen LogP contribution in [0.1, 0.15) is 27.0 Å². The number of carbonyl (C=O) groups excluding carboxylic acids is 1. The van der Waals surface area contributed by atoms with Crippen LogP contribution >= 0.6 is 11.6 Å². The van der Waals surface area contributed by atoms with Gasteiger partial charge in [0.2, 0.25) is 0 Å². The lowest BCUT2D eigenvalue weighted by atomic mass is 10.1. The molecule has 0 radical (unpaired) electrons. The molecule has 0 spiro atoms. The van der Waals surface area contributed by atoms with Crippen molar-refractivity contribution in [3.05, 3.63) is 94.0 Å². The van der Waals surface area contributed by atoms with E-state index in [4.69, 9.17) is 16.9 Å². The molecule has 1 amide bonds. The average molecular weight is 556 g/mol. The van der Waals surface area contributed by atoms with E-state index in [0.717, 1.165) is 24.3 Å². The summed E-state index contributed by atoms with van der Waals surface area (Å²) in [6.45, 7) is -0.202. The first-order valence-electron chi connectivity index (χ1n) is 11.1. The van der Waals surface area contributed by atoms with E-state index < -0.39 is 29.8 Å². The van der Waals surface area contributed by atoms with Gasteiger partial charge in [-0.1, -0.05) is 41.9 Å². The van der Waals surface area contributed by atoms with Crippen LogP contribution in [0.25, 0.3) is 0 Å². The van der Waals surface area contributed by atoms with Gasteiger partial charge >= 0.3 is 12.5 Å². The standard InChI is InChI=1S/C26H20ClF6N3O2/c27-20-6-9-23(35-12-11-34)22(15-20)24(37)36(13-10-17-2-1-3-19(14-17)25(28,29)30)16-18-4-7-21(8-5-18)38-26(31,32)33/h1-9,14-15,35H,10,12-13,16H2. The van der Waals surface area contributed by atoms with Gasteiger partial charge in [-0.25, -0.2) is 0 Å². The zero-order valence-electron chi connectivity index (χ0n) is 19.5. The van der Waals surface area contributed by atoms with Crippen molar-refractivity contribution in [2.45, 2.75) is 25.5 Å². The molecule has 0 aliphatic heterocycles. The molecule has 0 aromatic heterocycles. The molecule has 3 aromatic carbocycles. The molecule has 0 aliphatic carbocycles. The van der Waals surface area contributed by atoms with Crippen molar-refractivity contribution in [2.24, 2.45) is 0 Å². The highest BCUT2D eigenvalue weighted by atomic mass is 35.5. The smallest absolute Gasteiger partial charge is 0.406 e. The Bertz CT molecular complexity index is 1300. The molecule has 0 saturated carbocycles. The minimum atomic E-state index is -4.87. The molecular formula is C26H20ClF6N3O2. The fraction of sp³-hybridized carbons (Fsp3) is 0.231. The van der Waals surface area contributed by atoms with Crippen LogP contribution in [0.3, 0.4) is 0 Å². The van der Waals surface area contributed by atoms with Gasteiger partial charge in [0.1, 0.15) is 12.3 Å². The van der Waals surface area contributed by atoms with Gasteiger partial charge in [-0.3, -0.25) is 4.79 Å². The Hall–Kier alpha value is -3.91. The first kappa shape index (κ1) is 28.7. The molecule has 0 heterocycles. The second-order valence-electron chi connectivity index (χ2n) is 8.07. The second-order valence-corrected chi connectivity index (χ2v) is 8.50. The molecule has 12 heteroatoms. The average Bonchev–Trinajstić information content (AvgIpc) is 2.85. The predicted molar refractivity (Wildman–Crippen MR) is 129 cm³/mol. The van der Waals surface area contributed by atoms with Crippen LogP contribution in [0.2, 0.25) is 5.02 Å². The molecule has 0 aliphatic rings. The van der Waals surface area contributed by atoms with Gasteiger partial charge in [-0.05, 0) is 53.9 Å². The van der Waals surface area contributed by atoms with Crippen molar-refractivity contribution in [1.29, 1.82) is 5.26 Å². The fourth-order valence-corrected chi connectivity index (χ4v) is 3.76. The largest absolute Gasteiger partial charge is 0.573 e. The van der Waals surface area contributed by atoms with Gasteiger partial charge in [-0.2, -0.15) is 18.4 Å². The number of hydrogen-bond acceptors (Lipinski definition) is 4. The minimum Gasteiger partial charge on any atom is -0.406 e. The lowest BCUT2D eigenvalue weighted by Gasteiger charge is -2.25. The van der Waals surface area contributed by atoms with E-state index in [-0.39, 0.29) is 36.6 Å². The first-order chi connectivity index (χ1) is 17.9. The van der Waals surface area contributed by atoms with E-state index >= 15 is 0 Å². The Labute approximate surface area is 219 Å². The van der Waals surface area contributed by atoms with Crippen LogP contribution < -0.4 is 10.1 Å². The van der Waals surface area contributed by atoms with E-state index in [1.807, 2.05) is 6.07 Å². The Balaban J connectivity index is 1.90. The normalized spacial score (nSPS) is 11.5. The van der Waals surface area contributed by atoms with E-state index in [1.54, 1.807) is 0 Å². The van der Waals surface area contributed by atoms with Crippen LogP contribution in [-0.2, 0) is 19.1 Å². The van der Waals surface area contributed by atoms with Gasteiger partial charge < -0.3 is 15.0 Å². The summed E-state index contributed by atoms with van der Waals surface area (Å²) in [6, 6.07) is 15.9. The quantitative estimate of drug-likeness (QED) is 0.226. The minimum absolute atomic E-state index is 0.0227. The van der Waals surface area contributed by atoms with Gasteiger partial charge in [-0.15, -0.1) is 13.2 Å². The van der Waals surface area contributed by atoms with Gasteiger partial charge in [0, 0.05) is 23.8 Å². The van der Waals surface area contributed by atoms with Crippen molar-refractivity contribution < 1.29 is 35.9 Å². The summed E-state index contributed by atoms with van der Waals surface area (Å²) in [7, 11) is 0. The molecule has 0 unspecified atom stereocenters. The zero-order valence-corrected chi connectivity index (χ0v) is 20.3. The van der Waals surface area contributed by atoms with Crippen molar-refractivity contribution in [3.63, 3.8) is 0 Å². The number of nitriles is 1. The molecule has 3 rings (SSSR count). The number of nitrogens with zero attached hydrogens (tertiary/aromatic N) is 2. The van der Waals surface area contributed by atoms with Crippen molar-refractivity contribution in [2.75, 3.05) is 18.4 Å². The van der Waals surface area contributed by atoms with Crippen molar-refractivity contribution in [3.8, 4) is 11.8 Å². The van der Waals surface area contributed by atoms with Crippen LogP contribution in [0.4, 0.5) is 32.0 Å². The summed E-state index contributed by atoms with van der Waals surface area (Å²) in [5, 5.41) is 11.9. The highest BCUT2D eigenvalue weighted by Gasteiger charge is 2.31. The third-order valence-corrected chi connectivity index (χ3v) is 5.55. The Morgan fingerprint density at radius 3 is 2.32 bits per heavy atom. The number of nitrogens with one attached hydrogen (secondary N) is 1. The summed E-state index contributed by atoms with van der Waals surface area (Å²) in [6.07, 6.45) is -9.34. The number of ether oxygens (including phenoxy) is 1. The number of anilines is 1. The summed E-state index contributed by atoms with van der Waals surface area (Å²) in [5.41, 5.74) is 0.393. The lowest BCUT2D eigenvalue weighted by molar-refractivity contribution is -0.274. The van der Waals surface area contributed by atoms with E-state index in [0.29, 0.717) is 16.8 Å². The molecule has 0 saturated heterocycles. The number of benzene rings is 3. The molecule has 200 valence electrons. The first-order valence-corrected chi connectivity index (χ1v) is 11.4. The molecular weight excluding hydrogens is 536 g/mol. The summed E-state index contributed by atoms with van der Waals surface area (Å²) in [5.74, 6) is -0.989. The van der Waals surface area contributed by atoms with Crippen LogP contribution in [-0.4, -0.2) is 30.3 Å². The summed E-state index contributed by atoms with van der Waals surface area (Å²) >= 11 is 6.09. The van der Waals surface area contributed by atoms with Crippen molar-refractivity contribution in [1.82, 2.24) is 4.90 Å². The number of halogens is 7. The molecule has 0 atom stereocenters. The summed E-state index contributed by atoms with van der Waals surface area (Å²) < 4.78 is 80.7. The van der Waals surface area contributed by atoms with E-state index in [9.17, 15) is 31.1 Å². The van der Waals surface area contributed by atoms with Crippen molar-refractivity contribution >= 4 is 23.2 Å². The maximum absolute atomic E-state index is 13.6. The lowest BCUT2D eigenvalue weighted by Crippen LogP contribution is -2.33. The molecule has 38 heavy (non-hydrogen) atoms. The topological polar surface area (TPSA) is 65.4 Å². The predicted octanol–water partition coefficient (Wildman–Crippen LogP) is 7.08. The monoisotopic (exact) mass is 555 g/mol. The molecule has 3 aromatic rings. The van der Waals surface area contributed by atoms with E-state index in [1.165, 1.54) is 47.4 Å². The molecule has 5 nitrogen and oxygen atoms in total. The van der Waals surface area contributed by atoms with Gasteiger partial charge in [0.25, 0.3) is 5.91 Å². The van der Waals surface area contributed by atoms with E-state index in [2.05, 4.69) is 10.1 Å². The molecule has 0 fully saturated rings. The number of amides is 1.